The van der Waals surface area contributed by atoms with Gasteiger partial charge in [0.15, 0.2) is 18.2 Å². The van der Waals surface area contributed by atoms with E-state index in [0.29, 0.717) is 36.5 Å². The van der Waals surface area contributed by atoms with E-state index in [2.05, 4.69) is 12.8 Å². The first-order valence-corrected chi connectivity index (χ1v) is 12.4. The minimum absolute atomic E-state index is 0.240. The zero-order valence-electron chi connectivity index (χ0n) is 19.4. The molecule has 0 spiro atoms. The SMILES string of the molecule is C#C[C@]1(O[C@H]2OC(C(=O)O)[C@H](O)[C@@H](O)[C@H]2O)CC[C@H]2[C@@H]3CCC4=CC(=O)CC[C@H]4[C@H]3CC[C@@]21C. The number of hydrogen-bond donors (Lipinski definition) is 4. The predicted octanol–water partition coefficient (Wildman–Crippen LogP) is 1.41. The highest BCUT2D eigenvalue weighted by Gasteiger charge is 2.64. The van der Waals surface area contributed by atoms with Crippen LogP contribution in [-0.2, 0) is 19.1 Å². The fourth-order valence-corrected chi connectivity index (χ4v) is 7.99. The summed E-state index contributed by atoms with van der Waals surface area (Å²) < 4.78 is 11.7. The Bertz CT molecular complexity index is 938. The number of carboxylic acids is 1. The highest BCUT2D eigenvalue weighted by atomic mass is 16.7. The second-order valence-electron chi connectivity index (χ2n) is 11.1. The van der Waals surface area contributed by atoms with E-state index in [4.69, 9.17) is 15.9 Å². The van der Waals surface area contributed by atoms with E-state index in [9.17, 15) is 30.0 Å². The molecule has 1 heterocycles. The number of carbonyl (C=O) groups is 2. The van der Waals surface area contributed by atoms with Gasteiger partial charge in [-0.1, -0.05) is 18.4 Å². The number of terminal acetylenes is 1. The largest absolute Gasteiger partial charge is 0.479 e. The lowest BCUT2D eigenvalue weighted by Crippen LogP contribution is -2.63. The van der Waals surface area contributed by atoms with Gasteiger partial charge in [-0.2, -0.15) is 0 Å². The van der Waals surface area contributed by atoms with Crippen LogP contribution in [0, 0.1) is 41.4 Å². The van der Waals surface area contributed by atoms with Gasteiger partial charge in [-0.05, 0) is 74.7 Å². The molecule has 1 aliphatic heterocycles. The number of ketones is 1. The van der Waals surface area contributed by atoms with Crippen LogP contribution in [-0.4, -0.2) is 68.5 Å². The average molecular weight is 475 g/mol. The van der Waals surface area contributed by atoms with Gasteiger partial charge in [0, 0.05) is 11.8 Å². The standard InChI is InChI=1S/C26H34O8/c1-3-26(34-24-21(30)19(28)20(29)22(33-24)23(31)32)11-9-18-17-6-4-13-12-14(27)5-7-15(13)16(17)8-10-25(18,26)2/h1,12,15-22,24,28-30H,4-11H2,2H3,(H,31,32)/t15-,16-,17-,18+,19-,20-,21-,22?,24-,25+,26+/m1/s1. The summed E-state index contributed by atoms with van der Waals surface area (Å²) in [7, 11) is 0. The molecule has 1 unspecified atom stereocenters. The van der Waals surface area contributed by atoms with Crippen molar-refractivity contribution in [1.29, 1.82) is 0 Å². The first-order chi connectivity index (χ1) is 16.1. The highest BCUT2D eigenvalue weighted by molar-refractivity contribution is 5.91. The van der Waals surface area contributed by atoms with Gasteiger partial charge in [-0.3, -0.25) is 4.79 Å². The number of hydrogen-bond acceptors (Lipinski definition) is 7. The van der Waals surface area contributed by atoms with Crippen molar-refractivity contribution in [3.05, 3.63) is 11.6 Å². The van der Waals surface area contributed by atoms with Crippen LogP contribution >= 0.6 is 0 Å². The number of fused-ring (bicyclic) bond motifs is 5. The summed E-state index contributed by atoms with van der Waals surface area (Å²) in [5.74, 6) is 3.38. The highest BCUT2D eigenvalue weighted by Crippen LogP contribution is 2.66. The number of ether oxygens (including phenoxy) is 2. The fraction of sp³-hybridized carbons (Fsp3) is 0.769. The summed E-state index contributed by atoms with van der Waals surface area (Å²) in [6.07, 6.45) is 6.30. The second kappa shape index (κ2) is 8.42. The molecule has 34 heavy (non-hydrogen) atoms. The summed E-state index contributed by atoms with van der Waals surface area (Å²) in [6, 6.07) is 0. The van der Waals surface area contributed by atoms with Crippen LogP contribution in [0.5, 0.6) is 0 Å². The number of carboxylic acid groups (broad SMARTS) is 1. The molecular weight excluding hydrogens is 440 g/mol. The smallest absolute Gasteiger partial charge is 0.335 e. The molecule has 3 saturated carbocycles. The van der Waals surface area contributed by atoms with Crippen molar-refractivity contribution in [1.82, 2.24) is 0 Å². The van der Waals surface area contributed by atoms with Gasteiger partial charge >= 0.3 is 5.97 Å². The Morgan fingerprint density at radius 3 is 2.56 bits per heavy atom. The van der Waals surface area contributed by atoms with Crippen molar-refractivity contribution in [2.75, 3.05) is 0 Å². The summed E-state index contributed by atoms with van der Waals surface area (Å²) in [6.45, 7) is 2.13. The van der Waals surface area contributed by atoms with Crippen molar-refractivity contribution in [3.8, 4) is 12.3 Å². The molecule has 0 amide bonds. The average Bonchev–Trinajstić information content (AvgIpc) is 3.11. The van der Waals surface area contributed by atoms with E-state index >= 15 is 0 Å². The first-order valence-electron chi connectivity index (χ1n) is 12.4. The maximum absolute atomic E-state index is 11.9. The molecule has 0 aromatic carbocycles. The summed E-state index contributed by atoms with van der Waals surface area (Å²) in [4.78, 5) is 23.5. The third-order valence-electron chi connectivity index (χ3n) is 9.78. The monoisotopic (exact) mass is 474 g/mol. The van der Waals surface area contributed by atoms with E-state index in [0.717, 1.165) is 38.5 Å². The maximum Gasteiger partial charge on any atom is 0.335 e. The number of allylic oxidation sites excluding steroid dienone is 1. The van der Waals surface area contributed by atoms with Gasteiger partial charge < -0.3 is 29.9 Å². The molecule has 11 atom stereocenters. The Hall–Kier alpha value is -1.76. The van der Waals surface area contributed by atoms with Crippen molar-refractivity contribution in [2.45, 2.75) is 94.6 Å². The second-order valence-corrected chi connectivity index (χ2v) is 11.1. The molecule has 5 aliphatic rings. The predicted molar refractivity (Wildman–Crippen MR) is 119 cm³/mol. The summed E-state index contributed by atoms with van der Waals surface area (Å²) in [5, 5.41) is 40.2. The lowest BCUT2D eigenvalue weighted by atomic mass is 9.50. The molecule has 0 radical (unpaired) electrons. The van der Waals surface area contributed by atoms with Gasteiger partial charge in [0.05, 0.1) is 0 Å². The number of aliphatic carboxylic acids is 1. The molecule has 186 valence electrons. The molecule has 8 heteroatoms. The Labute approximate surface area is 199 Å². The summed E-state index contributed by atoms with van der Waals surface area (Å²) in [5.41, 5.74) is -0.181. The molecule has 4 N–H and O–H groups in total. The zero-order chi connectivity index (χ0) is 24.4. The van der Waals surface area contributed by atoms with Crippen LogP contribution in [0.4, 0.5) is 0 Å². The lowest BCUT2D eigenvalue weighted by Gasteiger charge is -2.56. The van der Waals surface area contributed by atoms with Crippen LogP contribution in [0.1, 0.15) is 58.3 Å². The van der Waals surface area contributed by atoms with Gasteiger partial charge in [-0.25, -0.2) is 4.79 Å². The molecule has 0 bridgehead atoms. The number of aliphatic hydroxyl groups is 3. The van der Waals surface area contributed by atoms with Gasteiger partial charge in [0.1, 0.15) is 23.9 Å². The van der Waals surface area contributed by atoms with Gasteiger partial charge in [0.2, 0.25) is 0 Å². The molecule has 0 aromatic rings. The molecule has 4 fully saturated rings. The Kier molecular flexibility index (Phi) is 5.93. The number of aliphatic hydroxyl groups excluding tert-OH is 3. The lowest BCUT2D eigenvalue weighted by molar-refractivity contribution is -0.324. The van der Waals surface area contributed by atoms with Crippen molar-refractivity contribution in [2.24, 2.45) is 29.1 Å². The molecule has 1 saturated heterocycles. The van der Waals surface area contributed by atoms with E-state index < -0.39 is 47.7 Å². The Morgan fingerprint density at radius 1 is 1.09 bits per heavy atom. The van der Waals surface area contributed by atoms with E-state index in [1.807, 2.05) is 6.08 Å². The van der Waals surface area contributed by atoms with Crippen LogP contribution in [0.15, 0.2) is 11.6 Å². The molecule has 4 aliphatic carbocycles. The van der Waals surface area contributed by atoms with Crippen LogP contribution in [0.3, 0.4) is 0 Å². The third-order valence-corrected chi connectivity index (χ3v) is 9.78. The fourth-order valence-electron chi connectivity index (χ4n) is 7.99. The van der Waals surface area contributed by atoms with Gasteiger partial charge in [-0.15, -0.1) is 6.42 Å². The number of carbonyl (C=O) groups excluding carboxylic acids is 1. The summed E-state index contributed by atoms with van der Waals surface area (Å²) >= 11 is 0. The van der Waals surface area contributed by atoms with E-state index in [1.54, 1.807) is 0 Å². The van der Waals surface area contributed by atoms with Crippen LogP contribution in [0.2, 0.25) is 0 Å². The van der Waals surface area contributed by atoms with E-state index in [-0.39, 0.29) is 5.78 Å². The first kappa shape index (κ1) is 24.0. The minimum atomic E-state index is -1.77. The Morgan fingerprint density at radius 2 is 1.85 bits per heavy atom. The van der Waals surface area contributed by atoms with Crippen molar-refractivity contribution >= 4 is 11.8 Å². The Balaban J connectivity index is 1.40. The quantitative estimate of drug-likeness (QED) is 0.451. The van der Waals surface area contributed by atoms with Crippen molar-refractivity contribution < 1.29 is 39.5 Å². The van der Waals surface area contributed by atoms with Crippen molar-refractivity contribution in [3.63, 3.8) is 0 Å². The molecule has 8 nitrogen and oxygen atoms in total. The minimum Gasteiger partial charge on any atom is -0.479 e. The van der Waals surface area contributed by atoms with Gasteiger partial charge in [0.25, 0.3) is 0 Å². The maximum atomic E-state index is 11.9. The topological polar surface area (TPSA) is 134 Å². The normalized spacial score (nSPS) is 50.4. The van der Waals surface area contributed by atoms with E-state index in [1.165, 1.54) is 5.57 Å². The third kappa shape index (κ3) is 3.40. The van der Waals surface area contributed by atoms with Crippen LogP contribution in [0.25, 0.3) is 0 Å². The molecule has 0 aromatic heterocycles. The van der Waals surface area contributed by atoms with Crippen LogP contribution < -0.4 is 0 Å². The molecular formula is C26H34O8. The number of rotatable bonds is 3. The molecule has 5 rings (SSSR count). The zero-order valence-corrected chi connectivity index (χ0v) is 19.4.